The summed E-state index contributed by atoms with van der Waals surface area (Å²) >= 11 is 6.87. The Labute approximate surface area is 117 Å². The van der Waals surface area contributed by atoms with Crippen LogP contribution in [0.1, 0.15) is 5.82 Å². The molecule has 0 radical (unpaired) electrons. The van der Waals surface area contributed by atoms with Gasteiger partial charge in [-0.1, -0.05) is 11.3 Å². The fourth-order valence-electron chi connectivity index (χ4n) is 2.29. The molecule has 5 nitrogen and oxygen atoms in total. The van der Waals surface area contributed by atoms with Crippen LogP contribution >= 0.6 is 23.6 Å². The van der Waals surface area contributed by atoms with Crippen LogP contribution in [0.5, 0.6) is 0 Å². The first-order chi connectivity index (χ1) is 9.16. The Hall–Kier alpha value is -1.86. The van der Waals surface area contributed by atoms with Crippen LogP contribution in [-0.4, -0.2) is 23.9 Å². The topological polar surface area (TPSA) is 48.0 Å². The number of nitrogens with zero attached hydrogens (tertiary/aromatic N) is 5. The Morgan fingerprint density at radius 1 is 1.21 bits per heavy atom. The van der Waals surface area contributed by atoms with E-state index in [1.807, 2.05) is 35.1 Å². The Balaban J connectivity index is 2.40. The van der Waals surface area contributed by atoms with Gasteiger partial charge >= 0.3 is 0 Å². The lowest BCUT2D eigenvalue weighted by Crippen LogP contribution is -1.99. The van der Waals surface area contributed by atoms with Crippen molar-refractivity contribution >= 4 is 50.7 Å². The van der Waals surface area contributed by atoms with Crippen molar-refractivity contribution in [1.29, 1.82) is 0 Å². The van der Waals surface area contributed by atoms with Crippen molar-refractivity contribution in [1.82, 2.24) is 23.9 Å². The van der Waals surface area contributed by atoms with E-state index in [0.717, 1.165) is 36.9 Å². The van der Waals surface area contributed by atoms with Crippen molar-refractivity contribution in [2.75, 3.05) is 0 Å². The summed E-state index contributed by atoms with van der Waals surface area (Å²) in [6, 6.07) is 3.85. The first-order valence-corrected chi connectivity index (χ1v) is 6.98. The number of aromatic nitrogens is 5. The molecular weight excluding hydrogens is 278 g/mol. The number of rotatable bonds is 0. The Bertz CT molecular complexity index is 1010. The molecule has 0 aliphatic carbocycles. The van der Waals surface area contributed by atoms with Crippen LogP contribution in [0.15, 0.2) is 18.3 Å². The van der Waals surface area contributed by atoms with Gasteiger partial charge in [0, 0.05) is 13.2 Å². The molecule has 0 saturated carbocycles. The number of imidazole rings is 1. The SMILES string of the molecule is Cc1nc2c(sc(=S)n2C)c2nc3cccnc3n12. The maximum atomic E-state index is 5.33. The fourth-order valence-corrected chi connectivity index (χ4v) is 3.52. The molecule has 0 bridgehead atoms. The number of aryl methyl sites for hydroxylation is 2. The third-order valence-corrected chi connectivity index (χ3v) is 4.74. The summed E-state index contributed by atoms with van der Waals surface area (Å²) in [5, 5.41) is 0. The van der Waals surface area contributed by atoms with E-state index >= 15 is 0 Å². The molecule has 0 unspecified atom stereocenters. The minimum atomic E-state index is 0.801. The molecule has 0 atom stereocenters. The third-order valence-electron chi connectivity index (χ3n) is 3.19. The van der Waals surface area contributed by atoms with E-state index in [2.05, 4.69) is 15.0 Å². The molecular formula is C12H9N5S2. The van der Waals surface area contributed by atoms with Gasteiger partial charge in [-0.15, -0.1) is 0 Å². The van der Waals surface area contributed by atoms with Gasteiger partial charge in [0.25, 0.3) is 0 Å². The minimum Gasteiger partial charge on any atom is -0.311 e. The third kappa shape index (κ3) is 1.34. The van der Waals surface area contributed by atoms with Crippen molar-refractivity contribution < 1.29 is 0 Å². The van der Waals surface area contributed by atoms with Gasteiger partial charge in [0.05, 0.1) is 0 Å². The summed E-state index contributed by atoms with van der Waals surface area (Å²) in [5.41, 5.74) is 3.48. The van der Waals surface area contributed by atoms with Gasteiger partial charge in [-0.05, 0) is 31.3 Å². The lowest BCUT2D eigenvalue weighted by atomic mass is 10.4. The molecule has 0 spiro atoms. The summed E-state index contributed by atoms with van der Waals surface area (Å²) < 4.78 is 5.73. The fraction of sp³-hybridized carbons (Fsp3) is 0.167. The largest absolute Gasteiger partial charge is 0.311 e. The summed E-state index contributed by atoms with van der Waals surface area (Å²) in [7, 11) is 1.94. The Morgan fingerprint density at radius 2 is 2.05 bits per heavy atom. The van der Waals surface area contributed by atoms with Crippen LogP contribution in [-0.2, 0) is 7.05 Å². The molecule has 0 aliphatic heterocycles. The molecule has 4 aromatic heterocycles. The second-order valence-electron chi connectivity index (χ2n) is 4.36. The van der Waals surface area contributed by atoms with Crippen LogP contribution in [0.3, 0.4) is 0 Å². The van der Waals surface area contributed by atoms with Crippen molar-refractivity contribution in [3.05, 3.63) is 28.1 Å². The van der Waals surface area contributed by atoms with E-state index in [9.17, 15) is 0 Å². The number of pyridine rings is 1. The van der Waals surface area contributed by atoms with E-state index in [1.165, 1.54) is 11.3 Å². The van der Waals surface area contributed by atoms with E-state index in [1.54, 1.807) is 6.20 Å². The van der Waals surface area contributed by atoms with E-state index < -0.39 is 0 Å². The molecule has 4 rings (SSSR count). The highest BCUT2D eigenvalue weighted by molar-refractivity contribution is 7.73. The molecule has 94 valence electrons. The van der Waals surface area contributed by atoms with Crippen molar-refractivity contribution in [2.24, 2.45) is 7.05 Å². The van der Waals surface area contributed by atoms with Crippen LogP contribution < -0.4 is 0 Å². The standard InChI is InChI=1S/C12H9N5S2/c1-6-14-10-8(19-12(18)16(10)2)11-15-7-4-3-5-13-9(7)17(6)11/h3-5H,1-2H3. The van der Waals surface area contributed by atoms with E-state index in [-0.39, 0.29) is 0 Å². The predicted molar refractivity (Wildman–Crippen MR) is 78.2 cm³/mol. The van der Waals surface area contributed by atoms with E-state index in [4.69, 9.17) is 12.2 Å². The summed E-state index contributed by atoms with van der Waals surface area (Å²) in [6.45, 7) is 1.96. The van der Waals surface area contributed by atoms with Crippen molar-refractivity contribution in [2.45, 2.75) is 6.92 Å². The molecule has 7 heteroatoms. The smallest absolute Gasteiger partial charge is 0.165 e. The zero-order valence-electron chi connectivity index (χ0n) is 10.3. The maximum Gasteiger partial charge on any atom is 0.165 e. The predicted octanol–water partition coefficient (Wildman–Crippen LogP) is 2.87. The zero-order valence-corrected chi connectivity index (χ0v) is 11.9. The molecule has 0 N–H and O–H groups in total. The molecule has 0 fully saturated rings. The van der Waals surface area contributed by atoms with Gasteiger partial charge in [-0.25, -0.2) is 15.0 Å². The number of fused-ring (bicyclic) bond motifs is 5. The highest BCUT2D eigenvalue weighted by Gasteiger charge is 2.15. The summed E-state index contributed by atoms with van der Waals surface area (Å²) in [4.78, 5) is 13.7. The van der Waals surface area contributed by atoms with Gasteiger partial charge in [-0.2, -0.15) is 0 Å². The highest BCUT2D eigenvalue weighted by Crippen LogP contribution is 2.27. The van der Waals surface area contributed by atoms with Gasteiger partial charge in [0.2, 0.25) is 0 Å². The lowest BCUT2D eigenvalue weighted by molar-refractivity contribution is 0.918. The van der Waals surface area contributed by atoms with Crippen LogP contribution in [0, 0.1) is 10.9 Å². The zero-order chi connectivity index (χ0) is 13.1. The minimum absolute atomic E-state index is 0.801. The van der Waals surface area contributed by atoms with Crippen LogP contribution in [0.4, 0.5) is 0 Å². The molecule has 0 aliphatic rings. The normalized spacial score (nSPS) is 11.9. The maximum absolute atomic E-state index is 5.33. The average Bonchev–Trinajstić information content (AvgIpc) is 2.91. The number of thiazole rings is 1. The lowest BCUT2D eigenvalue weighted by Gasteiger charge is -2.01. The quantitative estimate of drug-likeness (QED) is 0.467. The van der Waals surface area contributed by atoms with Gasteiger partial charge in [-0.3, -0.25) is 4.40 Å². The van der Waals surface area contributed by atoms with Gasteiger partial charge < -0.3 is 4.57 Å². The molecule has 0 amide bonds. The van der Waals surface area contributed by atoms with Crippen LogP contribution in [0.2, 0.25) is 0 Å². The van der Waals surface area contributed by atoms with Crippen LogP contribution in [0.25, 0.3) is 27.2 Å². The average molecular weight is 287 g/mol. The van der Waals surface area contributed by atoms with Gasteiger partial charge in [0.1, 0.15) is 16.0 Å². The first kappa shape index (κ1) is 11.0. The van der Waals surface area contributed by atoms with Crippen molar-refractivity contribution in [3.63, 3.8) is 0 Å². The molecule has 0 saturated heterocycles. The molecule has 4 aromatic rings. The number of hydrogen-bond acceptors (Lipinski definition) is 5. The summed E-state index contributed by atoms with van der Waals surface area (Å²) in [6.07, 6.45) is 1.77. The monoisotopic (exact) mass is 287 g/mol. The summed E-state index contributed by atoms with van der Waals surface area (Å²) in [5.74, 6) is 0.868. The van der Waals surface area contributed by atoms with Gasteiger partial charge in [0.15, 0.2) is 20.9 Å². The van der Waals surface area contributed by atoms with E-state index in [0.29, 0.717) is 0 Å². The Morgan fingerprint density at radius 3 is 2.89 bits per heavy atom. The first-order valence-electron chi connectivity index (χ1n) is 5.76. The molecule has 19 heavy (non-hydrogen) atoms. The number of hydrogen-bond donors (Lipinski definition) is 0. The molecule has 4 heterocycles. The van der Waals surface area contributed by atoms with Crippen molar-refractivity contribution in [3.8, 4) is 0 Å². The highest BCUT2D eigenvalue weighted by atomic mass is 32.1. The Kier molecular flexibility index (Phi) is 2.07. The molecule has 0 aromatic carbocycles. The second kappa shape index (κ2) is 3.58. The second-order valence-corrected chi connectivity index (χ2v) is 6.00.